The van der Waals surface area contributed by atoms with Gasteiger partial charge in [0.1, 0.15) is 11.5 Å². The molecule has 0 radical (unpaired) electrons. The van der Waals surface area contributed by atoms with Crippen LogP contribution in [-0.2, 0) is 0 Å². The van der Waals surface area contributed by atoms with Crippen LogP contribution in [0.15, 0.2) is 35.7 Å². The van der Waals surface area contributed by atoms with Crippen LogP contribution in [0.2, 0.25) is 0 Å². The molecule has 0 saturated carbocycles. The van der Waals surface area contributed by atoms with E-state index in [4.69, 9.17) is 0 Å². The SMILES string of the molecule is O[C@@H]1C(c2ccccc2)=CS[C@@H]1O. The van der Waals surface area contributed by atoms with Crippen LogP contribution in [0.25, 0.3) is 5.57 Å². The lowest BCUT2D eigenvalue weighted by Crippen LogP contribution is -2.18. The molecule has 2 N–H and O–H groups in total. The van der Waals surface area contributed by atoms with E-state index in [-0.39, 0.29) is 0 Å². The van der Waals surface area contributed by atoms with Crippen molar-refractivity contribution in [2.24, 2.45) is 0 Å². The van der Waals surface area contributed by atoms with Crippen LogP contribution in [0.5, 0.6) is 0 Å². The molecule has 0 aliphatic carbocycles. The quantitative estimate of drug-likeness (QED) is 0.711. The predicted octanol–water partition coefficient (Wildman–Crippen LogP) is 1.45. The topological polar surface area (TPSA) is 40.5 Å². The van der Waals surface area contributed by atoms with Gasteiger partial charge in [0.15, 0.2) is 0 Å². The van der Waals surface area contributed by atoms with Crippen molar-refractivity contribution >= 4 is 17.3 Å². The Morgan fingerprint density at radius 1 is 1.08 bits per heavy atom. The van der Waals surface area contributed by atoms with Gasteiger partial charge < -0.3 is 10.2 Å². The third-order valence-corrected chi connectivity index (χ3v) is 2.96. The molecule has 0 saturated heterocycles. The molecule has 0 amide bonds. The molecule has 1 heterocycles. The van der Waals surface area contributed by atoms with E-state index >= 15 is 0 Å². The van der Waals surface area contributed by atoms with Crippen molar-refractivity contribution in [3.63, 3.8) is 0 Å². The van der Waals surface area contributed by atoms with E-state index in [1.807, 2.05) is 35.7 Å². The summed E-state index contributed by atoms with van der Waals surface area (Å²) in [5.41, 5.74) is 1.06. The van der Waals surface area contributed by atoms with Gasteiger partial charge in [-0.05, 0) is 16.5 Å². The average Bonchev–Trinajstić information content (AvgIpc) is 2.49. The van der Waals surface area contributed by atoms with Crippen LogP contribution in [0, 0.1) is 0 Å². The molecule has 68 valence electrons. The fourth-order valence-electron chi connectivity index (χ4n) is 1.31. The maximum Gasteiger partial charge on any atom is 0.133 e. The van der Waals surface area contributed by atoms with Crippen molar-refractivity contribution in [2.75, 3.05) is 0 Å². The minimum absolute atomic E-state index is 0.713. The minimum Gasteiger partial charge on any atom is -0.385 e. The molecule has 1 aliphatic rings. The van der Waals surface area contributed by atoms with Gasteiger partial charge in [-0.2, -0.15) is 0 Å². The number of benzene rings is 1. The Bertz CT molecular complexity index is 321. The van der Waals surface area contributed by atoms with Crippen LogP contribution in [0.1, 0.15) is 5.56 Å². The van der Waals surface area contributed by atoms with Crippen LogP contribution in [-0.4, -0.2) is 21.8 Å². The molecular formula is C10H10O2S. The molecule has 3 heteroatoms. The smallest absolute Gasteiger partial charge is 0.133 e. The molecule has 1 aromatic rings. The zero-order valence-corrected chi connectivity index (χ0v) is 7.74. The average molecular weight is 194 g/mol. The second-order valence-electron chi connectivity index (χ2n) is 2.91. The molecule has 13 heavy (non-hydrogen) atoms. The summed E-state index contributed by atoms with van der Waals surface area (Å²) in [6.45, 7) is 0. The van der Waals surface area contributed by atoms with Crippen molar-refractivity contribution in [3.8, 4) is 0 Å². The summed E-state index contributed by atoms with van der Waals surface area (Å²) in [5.74, 6) is 0. The fraction of sp³-hybridized carbons (Fsp3) is 0.200. The van der Waals surface area contributed by atoms with E-state index in [0.717, 1.165) is 11.1 Å². The monoisotopic (exact) mass is 194 g/mol. The van der Waals surface area contributed by atoms with Crippen molar-refractivity contribution in [1.29, 1.82) is 0 Å². The number of aliphatic hydroxyl groups excluding tert-OH is 2. The fourth-order valence-corrected chi connectivity index (χ4v) is 2.17. The standard InChI is InChI=1S/C10H10O2S/c11-9-8(6-13-10(9)12)7-4-2-1-3-5-7/h1-6,9-12H/t9-,10+/m1/s1. The Kier molecular flexibility index (Phi) is 2.40. The van der Waals surface area contributed by atoms with Crippen molar-refractivity contribution in [2.45, 2.75) is 11.5 Å². The molecule has 2 nitrogen and oxygen atoms in total. The number of thioether (sulfide) groups is 1. The highest BCUT2D eigenvalue weighted by atomic mass is 32.2. The summed E-state index contributed by atoms with van der Waals surface area (Å²) >= 11 is 1.25. The molecule has 0 bridgehead atoms. The van der Waals surface area contributed by atoms with Gasteiger partial charge in [-0.1, -0.05) is 42.1 Å². The van der Waals surface area contributed by atoms with Gasteiger partial charge in [-0.15, -0.1) is 0 Å². The number of hydrogen-bond donors (Lipinski definition) is 2. The highest BCUT2D eigenvalue weighted by Gasteiger charge is 2.27. The Hall–Kier alpha value is -0.770. The summed E-state index contributed by atoms with van der Waals surface area (Å²) in [4.78, 5) is 0. The molecule has 2 rings (SSSR count). The number of rotatable bonds is 1. The van der Waals surface area contributed by atoms with E-state index < -0.39 is 11.5 Å². The Labute approximate surface area is 80.9 Å². The second-order valence-corrected chi connectivity index (χ2v) is 3.90. The van der Waals surface area contributed by atoms with Gasteiger partial charge in [-0.25, -0.2) is 0 Å². The predicted molar refractivity (Wildman–Crippen MR) is 54.0 cm³/mol. The van der Waals surface area contributed by atoms with E-state index in [0.29, 0.717) is 0 Å². The van der Waals surface area contributed by atoms with E-state index in [2.05, 4.69) is 0 Å². The Morgan fingerprint density at radius 3 is 2.31 bits per heavy atom. The zero-order chi connectivity index (χ0) is 9.26. The lowest BCUT2D eigenvalue weighted by Gasteiger charge is -2.11. The summed E-state index contributed by atoms with van der Waals surface area (Å²) in [6, 6.07) is 9.60. The first-order valence-corrected chi connectivity index (χ1v) is 5.00. The third-order valence-electron chi connectivity index (χ3n) is 2.03. The molecule has 1 aromatic carbocycles. The van der Waals surface area contributed by atoms with Crippen molar-refractivity contribution in [1.82, 2.24) is 0 Å². The summed E-state index contributed by atoms with van der Waals surface area (Å²) < 4.78 is 0. The van der Waals surface area contributed by atoms with Gasteiger partial charge in [0, 0.05) is 0 Å². The Morgan fingerprint density at radius 2 is 1.77 bits per heavy atom. The highest BCUT2D eigenvalue weighted by molar-refractivity contribution is 8.03. The first kappa shape index (κ1) is 8.81. The highest BCUT2D eigenvalue weighted by Crippen LogP contribution is 2.34. The Balaban J connectivity index is 2.29. The van der Waals surface area contributed by atoms with Crippen LogP contribution >= 0.6 is 11.8 Å². The van der Waals surface area contributed by atoms with E-state index in [9.17, 15) is 10.2 Å². The number of hydrogen-bond acceptors (Lipinski definition) is 3. The van der Waals surface area contributed by atoms with Gasteiger partial charge in [0.25, 0.3) is 0 Å². The maximum absolute atomic E-state index is 9.57. The molecule has 0 unspecified atom stereocenters. The second kappa shape index (κ2) is 3.54. The van der Waals surface area contributed by atoms with Crippen molar-refractivity contribution < 1.29 is 10.2 Å². The minimum atomic E-state index is -0.757. The summed E-state index contributed by atoms with van der Waals surface area (Å²) in [6.07, 6.45) is -0.757. The zero-order valence-electron chi connectivity index (χ0n) is 6.92. The lowest BCUT2D eigenvalue weighted by molar-refractivity contribution is 0.117. The largest absolute Gasteiger partial charge is 0.385 e. The van der Waals surface area contributed by atoms with Crippen LogP contribution < -0.4 is 0 Å². The van der Waals surface area contributed by atoms with Gasteiger partial charge in [0.05, 0.1) is 0 Å². The van der Waals surface area contributed by atoms with Crippen molar-refractivity contribution in [3.05, 3.63) is 41.3 Å². The number of aliphatic hydroxyl groups is 2. The summed E-state index contributed by atoms with van der Waals surface area (Å²) in [7, 11) is 0. The third kappa shape index (κ3) is 1.63. The molecule has 1 aliphatic heterocycles. The molecular weight excluding hydrogens is 184 g/mol. The first-order valence-electron chi connectivity index (χ1n) is 4.06. The van der Waals surface area contributed by atoms with Gasteiger partial charge >= 0.3 is 0 Å². The normalized spacial score (nSPS) is 27.4. The lowest BCUT2D eigenvalue weighted by atomic mass is 10.0. The van der Waals surface area contributed by atoms with Crippen LogP contribution in [0.4, 0.5) is 0 Å². The molecule has 0 aromatic heterocycles. The summed E-state index contributed by atoms with van der Waals surface area (Å²) in [5, 5.41) is 20.7. The van der Waals surface area contributed by atoms with Gasteiger partial charge in [0.2, 0.25) is 0 Å². The molecule has 2 atom stereocenters. The van der Waals surface area contributed by atoms with E-state index in [1.54, 1.807) is 0 Å². The van der Waals surface area contributed by atoms with Crippen LogP contribution in [0.3, 0.4) is 0 Å². The van der Waals surface area contributed by atoms with Gasteiger partial charge in [-0.3, -0.25) is 0 Å². The first-order chi connectivity index (χ1) is 6.29. The maximum atomic E-state index is 9.57. The molecule has 0 fully saturated rings. The van der Waals surface area contributed by atoms with E-state index in [1.165, 1.54) is 11.8 Å². The molecule has 0 spiro atoms.